The van der Waals surface area contributed by atoms with Crippen LogP contribution >= 0.6 is 0 Å². The van der Waals surface area contributed by atoms with E-state index in [-0.39, 0.29) is 5.91 Å². The number of hydrogen-bond acceptors (Lipinski definition) is 3. The molecule has 5 rings (SSSR count). The summed E-state index contributed by atoms with van der Waals surface area (Å²) in [5.74, 6) is -0.159. The summed E-state index contributed by atoms with van der Waals surface area (Å²) in [7, 11) is 0. The average molecular weight is 436 g/mol. The number of H-pyrrole nitrogens is 1. The van der Waals surface area contributed by atoms with Crippen molar-refractivity contribution < 1.29 is 15.5 Å². The summed E-state index contributed by atoms with van der Waals surface area (Å²) in [5.41, 5.74) is 11.8. The minimum absolute atomic E-state index is 0.159. The topological polar surface area (TPSA) is 96.1 Å². The Morgan fingerprint density at radius 2 is 1.85 bits per heavy atom. The zero-order valence-corrected chi connectivity index (χ0v) is 18.2. The van der Waals surface area contributed by atoms with Gasteiger partial charge < -0.3 is 11.1 Å². The molecule has 6 heteroatoms. The summed E-state index contributed by atoms with van der Waals surface area (Å²) in [6.45, 7) is 1.09. The molecule has 2 aromatic carbocycles. The number of pyridine rings is 2. The quantitative estimate of drug-likeness (QED) is 0.487. The number of carbonyl (C=O) groups is 1. The number of hydrogen-bond donors (Lipinski definition) is 2. The van der Waals surface area contributed by atoms with Gasteiger partial charge in [-0.25, -0.2) is 4.98 Å². The van der Waals surface area contributed by atoms with Crippen molar-refractivity contribution >= 4 is 22.5 Å². The summed E-state index contributed by atoms with van der Waals surface area (Å²) in [6, 6.07) is 22.9. The van der Waals surface area contributed by atoms with Gasteiger partial charge in [0.1, 0.15) is 5.71 Å². The molecule has 6 nitrogen and oxygen atoms in total. The monoisotopic (exact) mass is 435 g/mol. The normalized spacial score (nSPS) is 12.7. The summed E-state index contributed by atoms with van der Waals surface area (Å²) in [6.07, 6.45) is 5.87. The average Bonchev–Trinajstić information content (AvgIpc) is 3.42. The second kappa shape index (κ2) is 9.14. The van der Waals surface area contributed by atoms with E-state index in [1.54, 1.807) is 12.4 Å². The molecule has 0 radical (unpaired) electrons. The van der Waals surface area contributed by atoms with Crippen molar-refractivity contribution in [1.29, 1.82) is 0 Å². The first-order valence-corrected chi connectivity index (χ1v) is 11.0. The number of aromatic nitrogens is 2. The van der Waals surface area contributed by atoms with E-state index in [2.05, 4.69) is 68.5 Å². The van der Waals surface area contributed by atoms with E-state index in [0.717, 1.165) is 45.5 Å². The van der Waals surface area contributed by atoms with Gasteiger partial charge in [-0.05, 0) is 23.8 Å². The fraction of sp³-hybridized carbons (Fsp3) is 0.111. The van der Waals surface area contributed by atoms with Gasteiger partial charge in [-0.3, -0.25) is 14.8 Å². The SMILES string of the molecule is [NH3+]Cc1ccc(-c2[nH+]c3ccnc(CNC(=O)C4=NC=CC4)c3cc2-c2ccccc2)cc1. The van der Waals surface area contributed by atoms with E-state index in [1.807, 2.05) is 30.3 Å². The minimum atomic E-state index is -0.159. The third kappa shape index (κ3) is 4.29. The molecular formula is C27H25N5O+2. The molecule has 0 fully saturated rings. The molecule has 0 bridgehead atoms. The van der Waals surface area contributed by atoms with Gasteiger partial charge in [-0.15, -0.1) is 0 Å². The van der Waals surface area contributed by atoms with E-state index >= 15 is 0 Å². The fourth-order valence-corrected chi connectivity index (χ4v) is 4.03. The second-order valence-corrected chi connectivity index (χ2v) is 7.94. The molecule has 2 aromatic heterocycles. The van der Waals surface area contributed by atoms with E-state index < -0.39 is 0 Å². The molecule has 0 saturated carbocycles. The molecule has 0 aliphatic carbocycles. The van der Waals surface area contributed by atoms with Crippen molar-refractivity contribution in [3.63, 3.8) is 0 Å². The number of allylic oxidation sites excluding steroid dienone is 1. The molecule has 33 heavy (non-hydrogen) atoms. The minimum Gasteiger partial charge on any atom is -0.354 e. The van der Waals surface area contributed by atoms with Crippen LogP contribution in [-0.2, 0) is 17.9 Å². The summed E-state index contributed by atoms with van der Waals surface area (Å²) in [5, 5.41) is 3.93. The number of aromatic amines is 1. The van der Waals surface area contributed by atoms with E-state index in [4.69, 9.17) is 0 Å². The number of fused-ring (bicyclic) bond motifs is 1. The van der Waals surface area contributed by atoms with Gasteiger partial charge in [-0.1, -0.05) is 48.5 Å². The third-order valence-electron chi connectivity index (χ3n) is 5.83. The van der Waals surface area contributed by atoms with E-state index in [1.165, 1.54) is 5.56 Å². The largest absolute Gasteiger partial charge is 0.354 e. The van der Waals surface area contributed by atoms with Crippen LogP contribution in [-0.4, -0.2) is 16.6 Å². The Labute approximate surface area is 191 Å². The summed E-state index contributed by atoms with van der Waals surface area (Å²) < 4.78 is 0. The number of amides is 1. The van der Waals surface area contributed by atoms with Gasteiger partial charge in [0.2, 0.25) is 11.2 Å². The Morgan fingerprint density at radius 1 is 1.03 bits per heavy atom. The Kier molecular flexibility index (Phi) is 5.74. The van der Waals surface area contributed by atoms with Crippen LogP contribution in [0.3, 0.4) is 0 Å². The molecule has 3 heterocycles. The second-order valence-electron chi connectivity index (χ2n) is 7.94. The highest BCUT2D eigenvalue weighted by atomic mass is 16.1. The lowest BCUT2D eigenvalue weighted by molar-refractivity contribution is -0.386. The number of nitrogens with one attached hydrogen (secondary N) is 2. The first-order chi connectivity index (χ1) is 16.2. The Hall–Kier alpha value is -4.16. The first-order valence-electron chi connectivity index (χ1n) is 11.0. The van der Waals surface area contributed by atoms with Crippen LogP contribution in [0.4, 0.5) is 0 Å². The molecular weight excluding hydrogens is 410 g/mol. The highest BCUT2D eigenvalue weighted by Crippen LogP contribution is 2.32. The molecule has 0 unspecified atom stereocenters. The molecule has 0 atom stereocenters. The molecule has 5 N–H and O–H groups in total. The predicted molar refractivity (Wildman–Crippen MR) is 129 cm³/mol. The fourth-order valence-electron chi connectivity index (χ4n) is 4.03. The molecule has 1 aliphatic heterocycles. The first kappa shape index (κ1) is 20.7. The standard InChI is InChI=1S/C27H23N5O/c28-16-18-8-10-20(11-9-18)26-21(19-5-2-1-3-6-19)15-22-23(32-26)12-14-30-25(22)17-31-27(33)24-7-4-13-29-24/h1-6,8-15H,7,16-17,28H2,(H,31,33)/p+2. The number of carbonyl (C=O) groups excluding carboxylic acids is 1. The number of rotatable bonds is 6. The number of benzene rings is 2. The van der Waals surface area contributed by atoms with Crippen LogP contribution in [0.15, 0.2) is 90.2 Å². The van der Waals surface area contributed by atoms with Crippen LogP contribution in [0, 0.1) is 0 Å². The van der Waals surface area contributed by atoms with Crippen LogP contribution in [0.5, 0.6) is 0 Å². The molecule has 1 aliphatic rings. The smallest absolute Gasteiger partial charge is 0.266 e. The molecule has 0 spiro atoms. The molecule has 0 saturated heterocycles. The maximum atomic E-state index is 12.4. The highest BCUT2D eigenvalue weighted by Gasteiger charge is 2.20. The van der Waals surface area contributed by atoms with Crippen LogP contribution < -0.4 is 16.0 Å². The maximum Gasteiger partial charge on any atom is 0.266 e. The lowest BCUT2D eigenvalue weighted by Crippen LogP contribution is -2.47. The van der Waals surface area contributed by atoms with Crippen molar-refractivity contribution in [3.05, 3.63) is 96.5 Å². The number of nitrogens with zero attached hydrogens (tertiary/aromatic N) is 2. The Bertz CT molecular complexity index is 1380. The summed E-state index contributed by atoms with van der Waals surface area (Å²) >= 11 is 0. The molecule has 1 amide bonds. The lowest BCUT2D eigenvalue weighted by Gasteiger charge is -2.10. The van der Waals surface area contributed by atoms with Gasteiger partial charge in [0.25, 0.3) is 5.91 Å². The van der Waals surface area contributed by atoms with Gasteiger partial charge >= 0.3 is 0 Å². The number of quaternary nitrogens is 1. The van der Waals surface area contributed by atoms with Crippen molar-refractivity contribution in [2.45, 2.75) is 19.5 Å². The van der Waals surface area contributed by atoms with Gasteiger partial charge in [0.05, 0.1) is 29.7 Å². The van der Waals surface area contributed by atoms with Crippen LogP contribution in [0.2, 0.25) is 0 Å². The molecule has 4 aromatic rings. The van der Waals surface area contributed by atoms with Crippen LogP contribution in [0.1, 0.15) is 17.7 Å². The van der Waals surface area contributed by atoms with E-state index in [0.29, 0.717) is 18.7 Å². The van der Waals surface area contributed by atoms with Gasteiger partial charge in [0.15, 0.2) is 0 Å². The van der Waals surface area contributed by atoms with E-state index in [9.17, 15) is 4.79 Å². The van der Waals surface area contributed by atoms with Gasteiger partial charge in [-0.2, -0.15) is 0 Å². The highest BCUT2D eigenvalue weighted by molar-refractivity contribution is 6.39. The van der Waals surface area contributed by atoms with Crippen molar-refractivity contribution in [2.24, 2.45) is 4.99 Å². The predicted octanol–water partition coefficient (Wildman–Crippen LogP) is 3.10. The van der Waals surface area contributed by atoms with Crippen molar-refractivity contribution in [1.82, 2.24) is 10.3 Å². The van der Waals surface area contributed by atoms with Crippen molar-refractivity contribution in [2.75, 3.05) is 0 Å². The van der Waals surface area contributed by atoms with Gasteiger partial charge in [0, 0.05) is 36.0 Å². The lowest BCUT2D eigenvalue weighted by atomic mass is 9.96. The zero-order chi connectivity index (χ0) is 22.6. The molecule has 162 valence electrons. The Balaban J connectivity index is 1.58. The number of aliphatic imine (C=N–C) groups is 1. The maximum absolute atomic E-state index is 12.4. The van der Waals surface area contributed by atoms with Crippen LogP contribution in [0.25, 0.3) is 33.3 Å². The Morgan fingerprint density at radius 3 is 2.58 bits per heavy atom. The summed E-state index contributed by atoms with van der Waals surface area (Å²) in [4.78, 5) is 24.7. The third-order valence-corrected chi connectivity index (χ3v) is 5.83. The zero-order valence-electron chi connectivity index (χ0n) is 18.2. The van der Waals surface area contributed by atoms with Crippen molar-refractivity contribution in [3.8, 4) is 22.4 Å².